The van der Waals surface area contributed by atoms with E-state index < -0.39 is 10.0 Å². The van der Waals surface area contributed by atoms with E-state index in [9.17, 15) is 8.42 Å². The Morgan fingerprint density at radius 2 is 2.00 bits per heavy atom. The Bertz CT molecular complexity index is 513. The average Bonchev–Trinajstić information content (AvgIpc) is 2.34. The fourth-order valence-corrected chi connectivity index (χ4v) is 2.84. The van der Waals surface area contributed by atoms with Crippen LogP contribution in [0, 0.1) is 0 Å². The van der Waals surface area contributed by atoms with Crippen molar-refractivity contribution in [2.45, 2.75) is 25.9 Å². The minimum atomic E-state index is -3.10. The largest absolute Gasteiger partial charge is 0.295 e. The molecule has 0 unspecified atom stereocenters. The predicted molar refractivity (Wildman–Crippen MR) is 72.9 cm³/mol. The zero-order valence-corrected chi connectivity index (χ0v) is 11.7. The van der Waals surface area contributed by atoms with E-state index in [0.29, 0.717) is 6.54 Å². The Kier molecular flexibility index (Phi) is 4.04. The molecule has 1 aliphatic rings. The molecule has 1 N–H and O–H groups in total. The van der Waals surface area contributed by atoms with Gasteiger partial charge in [-0.3, -0.25) is 4.90 Å². The molecule has 18 heavy (non-hydrogen) atoms. The maximum Gasteiger partial charge on any atom is 0.208 e. The van der Waals surface area contributed by atoms with Gasteiger partial charge in [-0.15, -0.1) is 0 Å². The molecule has 4 nitrogen and oxygen atoms in total. The predicted octanol–water partition coefficient (Wildman–Crippen LogP) is 0.982. The molecule has 0 aromatic heterocycles. The number of nitrogens with one attached hydrogen (secondary N) is 1. The van der Waals surface area contributed by atoms with Gasteiger partial charge in [-0.25, -0.2) is 13.1 Å². The monoisotopic (exact) mass is 268 g/mol. The number of sulfonamides is 1. The topological polar surface area (TPSA) is 49.4 Å². The highest BCUT2D eigenvalue weighted by atomic mass is 32.2. The molecule has 0 bridgehead atoms. The second kappa shape index (κ2) is 5.38. The molecule has 0 aliphatic carbocycles. The second-order valence-corrected chi connectivity index (χ2v) is 6.79. The van der Waals surface area contributed by atoms with Gasteiger partial charge in [-0.1, -0.05) is 24.3 Å². The maximum atomic E-state index is 11.1. The number of fused-ring (bicyclic) bond motifs is 1. The van der Waals surface area contributed by atoms with Crippen molar-refractivity contribution in [1.82, 2.24) is 9.62 Å². The molecule has 1 atom stereocenters. The van der Waals surface area contributed by atoms with Crippen LogP contribution in [0.1, 0.15) is 18.1 Å². The third-order valence-corrected chi connectivity index (χ3v) is 4.12. The van der Waals surface area contributed by atoms with Gasteiger partial charge in [0, 0.05) is 25.7 Å². The van der Waals surface area contributed by atoms with Gasteiger partial charge in [0.25, 0.3) is 0 Å². The molecule has 0 saturated carbocycles. The summed E-state index contributed by atoms with van der Waals surface area (Å²) in [6, 6.07) is 8.67. The Labute approximate surface area is 109 Å². The minimum absolute atomic E-state index is 0.216. The van der Waals surface area contributed by atoms with Gasteiger partial charge in [-0.2, -0.15) is 0 Å². The molecule has 0 saturated heterocycles. The van der Waals surface area contributed by atoms with E-state index in [-0.39, 0.29) is 6.04 Å². The number of hydrogen-bond acceptors (Lipinski definition) is 3. The van der Waals surface area contributed by atoms with E-state index in [0.717, 1.165) is 19.5 Å². The van der Waals surface area contributed by atoms with Crippen LogP contribution in [-0.2, 0) is 23.0 Å². The first-order valence-electron chi connectivity index (χ1n) is 6.21. The highest BCUT2D eigenvalue weighted by molar-refractivity contribution is 7.88. The zero-order valence-electron chi connectivity index (χ0n) is 10.9. The third-order valence-electron chi connectivity index (χ3n) is 3.42. The first-order chi connectivity index (χ1) is 8.46. The fraction of sp³-hybridized carbons (Fsp3) is 0.538. The van der Waals surface area contributed by atoms with Crippen LogP contribution in [0.3, 0.4) is 0 Å². The summed E-state index contributed by atoms with van der Waals surface area (Å²) >= 11 is 0. The molecule has 0 fully saturated rings. The zero-order chi connectivity index (χ0) is 13.2. The second-order valence-electron chi connectivity index (χ2n) is 4.96. The number of rotatable bonds is 4. The maximum absolute atomic E-state index is 11.1. The summed E-state index contributed by atoms with van der Waals surface area (Å²) in [4.78, 5) is 2.32. The average molecular weight is 268 g/mol. The third kappa shape index (κ3) is 3.54. The summed E-state index contributed by atoms with van der Waals surface area (Å²) < 4.78 is 24.7. The van der Waals surface area contributed by atoms with E-state index in [1.54, 1.807) is 0 Å². The molecule has 100 valence electrons. The molecule has 0 amide bonds. The lowest BCUT2D eigenvalue weighted by molar-refractivity contribution is 0.192. The van der Waals surface area contributed by atoms with Gasteiger partial charge in [0.2, 0.25) is 10.0 Å². The Morgan fingerprint density at radius 3 is 2.67 bits per heavy atom. The van der Waals surface area contributed by atoms with Crippen molar-refractivity contribution >= 4 is 10.0 Å². The summed E-state index contributed by atoms with van der Waals surface area (Å²) in [6.45, 7) is 4.43. The van der Waals surface area contributed by atoms with Crippen LogP contribution in [0.5, 0.6) is 0 Å². The lowest BCUT2D eigenvalue weighted by atomic mass is 9.99. The lowest BCUT2D eigenvalue weighted by Gasteiger charge is -2.33. The van der Waals surface area contributed by atoms with Crippen molar-refractivity contribution in [2.24, 2.45) is 0 Å². The number of benzene rings is 1. The molecular weight excluding hydrogens is 248 g/mol. The van der Waals surface area contributed by atoms with Crippen molar-refractivity contribution in [3.63, 3.8) is 0 Å². The van der Waals surface area contributed by atoms with Crippen molar-refractivity contribution in [2.75, 3.05) is 19.3 Å². The van der Waals surface area contributed by atoms with Crippen molar-refractivity contribution in [3.8, 4) is 0 Å². The van der Waals surface area contributed by atoms with Crippen LogP contribution >= 0.6 is 0 Å². The normalized spacial score (nSPS) is 18.3. The molecule has 1 heterocycles. The SMILES string of the molecule is C[C@H](CNS(C)(=O)=O)N1CCc2ccccc2C1. The standard InChI is InChI=1S/C13H20N2O2S/c1-11(9-14-18(2,16)17)15-8-7-12-5-3-4-6-13(12)10-15/h3-6,11,14H,7-10H2,1-2H3/t11-/m1/s1. The summed E-state index contributed by atoms with van der Waals surface area (Å²) in [7, 11) is -3.10. The smallest absolute Gasteiger partial charge is 0.208 e. The van der Waals surface area contributed by atoms with E-state index in [2.05, 4.69) is 40.8 Å². The molecule has 2 rings (SSSR count). The number of hydrogen-bond donors (Lipinski definition) is 1. The van der Waals surface area contributed by atoms with Gasteiger partial charge < -0.3 is 0 Å². The van der Waals surface area contributed by atoms with E-state index in [1.165, 1.54) is 17.4 Å². The summed E-state index contributed by atoms with van der Waals surface area (Å²) in [5, 5.41) is 0. The lowest BCUT2D eigenvalue weighted by Crippen LogP contribution is -2.44. The first kappa shape index (κ1) is 13.5. The van der Waals surface area contributed by atoms with Crippen molar-refractivity contribution < 1.29 is 8.42 Å². The first-order valence-corrected chi connectivity index (χ1v) is 8.10. The van der Waals surface area contributed by atoms with Crippen LogP contribution in [0.15, 0.2) is 24.3 Å². The quantitative estimate of drug-likeness (QED) is 0.885. The van der Waals surface area contributed by atoms with Crippen molar-refractivity contribution in [3.05, 3.63) is 35.4 Å². The van der Waals surface area contributed by atoms with E-state index in [1.807, 2.05) is 0 Å². The molecule has 1 aromatic carbocycles. The van der Waals surface area contributed by atoms with Crippen LogP contribution in [0.2, 0.25) is 0 Å². The Morgan fingerprint density at radius 1 is 1.33 bits per heavy atom. The summed E-state index contributed by atoms with van der Waals surface area (Å²) in [6.07, 6.45) is 2.24. The van der Waals surface area contributed by atoms with Gasteiger partial charge in [0.15, 0.2) is 0 Å². The highest BCUT2D eigenvalue weighted by Gasteiger charge is 2.20. The molecular formula is C13H20N2O2S. The number of nitrogens with zero attached hydrogens (tertiary/aromatic N) is 1. The van der Waals surface area contributed by atoms with E-state index in [4.69, 9.17) is 0 Å². The fourth-order valence-electron chi connectivity index (χ4n) is 2.29. The molecule has 1 aliphatic heterocycles. The van der Waals surface area contributed by atoms with Crippen LogP contribution in [0.25, 0.3) is 0 Å². The van der Waals surface area contributed by atoms with Crippen LogP contribution in [0.4, 0.5) is 0 Å². The molecule has 1 aromatic rings. The molecule has 0 spiro atoms. The van der Waals surface area contributed by atoms with Crippen molar-refractivity contribution in [1.29, 1.82) is 0 Å². The van der Waals surface area contributed by atoms with Gasteiger partial charge in [-0.05, 0) is 24.5 Å². The minimum Gasteiger partial charge on any atom is -0.295 e. The van der Waals surface area contributed by atoms with Gasteiger partial charge in [0.05, 0.1) is 6.26 Å². The Balaban J connectivity index is 1.96. The van der Waals surface area contributed by atoms with E-state index >= 15 is 0 Å². The van der Waals surface area contributed by atoms with Crippen LogP contribution in [-0.4, -0.2) is 38.7 Å². The summed E-state index contributed by atoms with van der Waals surface area (Å²) in [5.74, 6) is 0. The summed E-state index contributed by atoms with van der Waals surface area (Å²) in [5.41, 5.74) is 2.77. The van der Waals surface area contributed by atoms with Gasteiger partial charge >= 0.3 is 0 Å². The molecule has 0 radical (unpaired) electrons. The highest BCUT2D eigenvalue weighted by Crippen LogP contribution is 2.19. The van der Waals surface area contributed by atoms with Crippen LogP contribution < -0.4 is 4.72 Å². The Hall–Kier alpha value is -0.910. The molecule has 5 heteroatoms. The van der Waals surface area contributed by atoms with Gasteiger partial charge in [0.1, 0.15) is 0 Å².